The largest absolute Gasteiger partial charge is 0.459 e. The first kappa shape index (κ1) is 14.5. The number of likely N-dealkylation sites (tertiary alicyclic amines) is 1. The Morgan fingerprint density at radius 2 is 2.00 bits per heavy atom. The van der Waals surface area contributed by atoms with E-state index < -0.39 is 21.2 Å². The number of carbonyl (C=O) groups excluding carboxylic acids is 2. The van der Waals surface area contributed by atoms with Crippen LogP contribution in [0.2, 0.25) is 0 Å². The Morgan fingerprint density at radius 3 is 2.55 bits per heavy atom. The van der Waals surface area contributed by atoms with Gasteiger partial charge >= 0.3 is 5.97 Å². The second-order valence-corrected chi connectivity index (χ2v) is 6.86. The van der Waals surface area contributed by atoms with Crippen molar-refractivity contribution in [2.24, 2.45) is 0 Å². The molecule has 1 aromatic rings. The van der Waals surface area contributed by atoms with E-state index in [-0.39, 0.29) is 25.5 Å². The Kier molecular flexibility index (Phi) is 4.08. The lowest BCUT2D eigenvalue weighted by atomic mass is 10.2. The van der Waals surface area contributed by atoms with Crippen LogP contribution in [-0.4, -0.2) is 43.4 Å². The lowest BCUT2D eigenvalue weighted by Crippen LogP contribution is -2.57. The predicted molar refractivity (Wildman–Crippen MR) is 71.2 cm³/mol. The van der Waals surface area contributed by atoms with Gasteiger partial charge in [0.1, 0.15) is 18.5 Å². The summed E-state index contributed by atoms with van der Waals surface area (Å²) in [5.74, 6) is -0.965. The Labute approximate surface area is 117 Å². The van der Waals surface area contributed by atoms with Gasteiger partial charge in [0.25, 0.3) is 0 Å². The molecule has 1 aliphatic heterocycles. The van der Waals surface area contributed by atoms with Crippen molar-refractivity contribution >= 4 is 21.7 Å². The Bertz CT molecular complexity index is 611. The van der Waals surface area contributed by atoms with Crippen LogP contribution in [0.3, 0.4) is 0 Å². The molecule has 0 saturated carbocycles. The molecule has 2 rings (SSSR count). The van der Waals surface area contributed by atoms with E-state index in [4.69, 9.17) is 4.74 Å². The van der Waals surface area contributed by atoms with E-state index in [1.807, 2.05) is 18.2 Å². The first-order chi connectivity index (χ1) is 9.38. The summed E-state index contributed by atoms with van der Waals surface area (Å²) < 4.78 is 27.8. The zero-order valence-electron chi connectivity index (χ0n) is 11.0. The highest BCUT2D eigenvalue weighted by Gasteiger charge is 2.43. The molecule has 0 N–H and O–H groups in total. The van der Waals surface area contributed by atoms with Gasteiger partial charge in [0.15, 0.2) is 9.84 Å². The van der Waals surface area contributed by atoms with Crippen LogP contribution < -0.4 is 0 Å². The Balaban J connectivity index is 1.87. The summed E-state index contributed by atoms with van der Waals surface area (Å²) in [4.78, 5) is 24.0. The minimum absolute atomic E-state index is 0.0647. The average Bonchev–Trinajstić information content (AvgIpc) is 2.40. The first-order valence-electron chi connectivity index (χ1n) is 6.06. The highest BCUT2D eigenvalue weighted by atomic mass is 32.2. The van der Waals surface area contributed by atoms with Gasteiger partial charge < -0.3 is 9.64 Å². The maximum Gasteiger partial charge on any atom is 0.326 e. The monoisotopic (exact) mass is 297 g/mol. The minimum Gasteiger partial charge on any atom is -0.459 e. The number of β-lactam (4-membered cyclic amide) rings is 1. The molecule has 1 atom stereocenters. The lowest BCUT2D eigenvalue weighted by Gasteiger charge is -2.37. The zero-order valence-corrected chi connectivity index (χ0v) is 11.8. The maximum atomic E-state index is 11.6. The van der Waals surface area contributed by atoms with E-state index in [2.05, 4.69) is 0 Å². The molecule has 1 aliphatic rings. The molecule has 0 radical (unpaired) electrons. The van der Waals surface area contributed by atoms with Crippen molar-refractivity contribution in [2.75, 3.05) is 12.8 Å². The van der Waals surface area contributed by atoms with Gasteiger partial charge in [-0.3, -0.25) is 9.59 Å². The molecule has 1 unspecified atom stereocenters. The van der Waals surface area contributed by atoms with Gasteiger partial charge in [-0.1, -0.05) is 30.3 Å². The molecule has 1 amide bonds. The molecule has 1 saturated heterocycles. The highest BCUT2D eigenvalue weighted by Crippen LogP contribution is 2.23. The standard InChI is InChI=1S/C13H15NO5S/c1-20(17,18)12-7-11(15)14(12)8-13(16)19-9-10-5-3-2-4-6-10/h2-6,12H,7-9H2,1H3. The van der Waals surface area contributed by atoms with E-state index in [0.29, 0.717) is 0 Å². The van der Waals surface area contributed by atoms with Crippen LogP contribution >= 0.6 is 0 Å². The molecule has 20 heavy (non-hydrogen) atoms. The Morgan fingerprint density at radius 1 is 1.35 bits per heavy atom. The van der Waals surface area contributed by atoms with Crippen molar-refractivity contribution in [1.82, 2.24) is 4.90 Å². The fraction of sp³-hybridized carbons (Fsp3) is 0.385. The number of rotatable bonds is 5. The number of amides is 1. The number of esters is 1. The normalized spacial score (nSPS) is 18.6. The third-order valence-corrected chi connectivity index (χ3v) is 4.46. The van der Waals surface area contributed by atoms with E-state index in [9.17, 15) is 18.0 Å². The second kappa shape index (κ2) is 5.62. The fourth-order valence-corrected chi connectivity index (χ4v) is 3.02. The van der Waals surface area contributed by atoms with E-state index in [1.165, 1.54) is 0 Å². The SMILES string of the molecule is CS(=O)(=O)C1CC(=O)N1CC(=O)OCc1ccccc1. The van der Waals surface area contributed by atoms with E-state index >= 15 is 0 Å². The Hall–Kier alpha value is -1.89. The summed E-state index contributed by atoms with van der Waals surface area (Å²) in [7, 11) is -3.36. The van der Waals surface area contributed by atoms with Gasteiger partial charge in [0.05, 0.1) is 6.42 Å². The number of carbonyl (C=O) groups is 2. The van der Waals surface area contributed by atoms with Crippen LogP contribution in [0.1, 0.15) is 12.0 Å². The number of benzene rings is 1. The second-order valence-electron chi connectivity index (χ2n) is 4.66. The number of nitrogens with zero attached hydrogens (tertiary/aromatic N) is 1. The van der Waals surface area contributed by atoms with E-state index in [0.717, 1.165) is 16.7 Å². The van der Waals surface area contributed by atoms with Crippen LogP contribution in [-0.2, 0) is 30.8 Å². The first-order valence-corrected chi connectivity index (χ1v) is 8.01. The van der Waals surface area contributed by atoms with Crippen LogP contribution in [0.5, 0.6) is 0 Å². The maximum absolute atomic E-state index is 11.6. The minimum atomic E-state index is -3.36. The van der Waals surface area contributed by atoms with Gasteiger partial charge in [-0.05, 0) is 5.56 Å². The van der Waals surface area contributed by atoms with Crippen molar-refractivity contribution in [3.05, 3.63) is 35.9 Å². The number of ether oxygens (including phenoxy) is 1. The molecular weight excluding hydrogens is 282 g/mol. The molecule has 0 aliphatic carbocycles. The van der Waals surface area contributed by atoms with Gasteiger partial charge in [-0.15, -0.1) is 0 Å². The van der Waals surface area contributed by atoms with Crippen LogP contribution in [0.25, 0.3) is 0 Å². The van der Waals surface area contributed by atoms with E-state index in [1.54, 1.807) is 12.1 Å². The summed E-state index contributed by atoms with van der Waals surface area (Å²) in [6.45, 7) is -0.228. The molecule has 108 valence electrons. The lowest BCUT2D eigenvalue weighted by molar-refractivity contribution is -0.155. The molecule has 7 heteroatoms. The van der Waals surface area contributed by atoms with Gasteiger partial charge in [0, 0.05) is 6.26 Å². The average molecular weight is 297 g/mol. The van der Waals surface area contributed by atoms with Gasteiger partial charge in [0.2, 0.25) is 5.91 Å². The molecule has 0 aromatic heterocycles. The van der Waals surface area contributed by atoms with Crippen molar-refractivity contribution in [2.45, 2.75) is 18.4 Å². The summed E-state index contributed by atoms with van der Waals surface area (Å²) in [5.41, 5.74) is 0.829. The molecular formula is C13H15NO5S. The molecule has 1 heterocycles. The number of hydrogen-bond donors (Lipinski definition) is 0. The van der Waals surface area contributed by atoms with Crippen molar-refractivity contribution in [1.29, 1.82) is 0 Å². The molecule has 0 bridgehead atoms. The quantitative estimate of drug-likeness (QED) is 0.578. The molecule has 6 nitrogen and oxygen atoms in total. The molecule has 0 spiro atoms. The number of sulfone groups is 1. The van der Waals surface area contributed by atoms with Crippen molar-refractivity contribution in [3.8, 4) is 0 Å². The fourth-order valence-electron chi connectivity index (χ4n) is 1.92. The predicted octanol–water partition coefficient (Wildman–Crippen LogP) is 0.333. The molecule has 1 aromatic carbocycles. The summed E-state index contributed by atoms with van der Waals surface area (Å²) in [6.07, 6.45) is 0.983. The summed E-state index contributed by atoms with van der Waals surface area (Å²) in [6, 6.07) is 9.10. The third kappa shape index (κ3) is 3.36. The van der Waals surface area contributed by atoms with Crippen LogP contribution in [0, 0.1) is 0 Å². The van der Waals surface area contributed by atoms with Gasteiger partial charge in [-0.25, -0.2) is 8.42 Å². The van der Waals surface area contributed by atoms with Crippen LogP contribution in [0.15, 0.2) is 30.3 Å². The van der Waals surface area contributed by atoms with Gasteiger partial charge in [-0.2, -0.15) is 0 Å². The smallest absolute Gasteiger partial charge is 0.326 e. The number of hydrogen-bond acceptors (Lipinski definition) is 5. The summed E-state index contributed by atoms with van der Waals surface area (Å²) in [5, 5.41) is -0.903. The van der Waals surface area contributed by atoms with Crippen LogP contribution in [0.4, 0.5) is 0 Å². The van der Waals surface area contributed by atoms with Crippen molar-refractivity contribution in [3.63, 3.8) is 0 Å². The highest BCUT2D eigenvalue weighted by molar-refractivity contribution is 7.91. The molecule has 1 fully saturated rings. The third-order valence-electron chi connectivity index (χ3n) is 3.05. The zero-order chi connectivity index (χ0) is 14.8. The topological polar surface area (TPSA) is 80.8 Å². The summed E-state index contributed by atoms with van der Waals surface area (Å²) >= 11 is 0. The van der Waals surface area contributed by atoms with Crippen molar-refractivity contribution < 1.29 is 22.7 Å².